The van der Waals surface area contributed by atoms with E-state index in [4.69, 9.17) is 5.73 Å². The van der Waals surface area contributed by atoms with Gasteiger partial charge >= 0.3 is 0 Å². The van der Waals surface area contributed by atoms with Crippen LogP contribution in [0.15, 0.2) is 24.3 Å². The topological polar surface area (TPSA) is 67.6 Å². The molecule has 76 valence electrons. The van der Waals surface area contributed by atoms with E-state index in [2.05, 4.69) is 22.3 Å². The van der Waals surface area contributed by atoms with Crippen molar-refractivity contribution >= 4 is 11.0 Å². The molecule has 1 heterocycles. The van der Waals surface area contributed by atoms with E-state index < -0.39 is 0 Å². The van der Waals surface area contributed by atoms with Crippen LogP contribution in [-0.2, 0) is 0 Å². The third kappa shape index (κ3) is 3.14. The highest BCUT2D eigenvalue weighted by Crippen LogP contribution is 2.03. The average molecular weight is 192 g/mol. The molecule has 1 aromatic heterocycles. The molecule has 0 spiro atoms. The molecule has 0 radical (unpaired) electrons. The lowest BCUT2D eigenvalue weighted by Gasteiger charge is -1.80. The first-order valence-electron chi connectivity index (χ1n) is 4.84. The van der Waals surface area contributed by atoms with Gasteiger partial charge in [-0.3, -0.25) is 0 Å². The SMILES string of the molecule is CCCCN.c1ccc2n[nH]nc2c1. The fraction of sp³-hybridized carbons (Fsp3) is 0.400. The lowest BCUT2D eigenvalue weighted by molar-refractivity contribution is 0.807. The second-order valence-corrected chi connectivity index (χ2v) is 2.95. The van der Waals surface area contributed by atoms with Crippen LogP contribution in [-0.4, -0.2) is 22.0 Å². The Bertz CT molecular complexity index is 323. The molecule has 3 N–H and O–H groups in total. The van der Waals surface area contributed by atoms with Crippen LogP contribution in [0.1, 0.15) is 19.8 Å². The molecular weight excluding hydrogens is 176 g/mol. The molecule has 1 aromatic carbocycles. The Hall–Kier alpha value is -1.42. The molecule has 0 fully saturated rings. The van der Waals surface area contributed by atoms with Crippen LogP contribution in [0, 0.1) is 0 Å². The van der Waals surface area contributed by atoms with Crippen molar-refractivity contribution in [3.05, 3.63) is 24.3 Å². The molecule has 4 heteroatoms. The zero-order valence-corrected chi connectivity index (χ0v) is 8.40. The number of fused-ring (bicyclic) bond motifs is 1. The van der Waals surface area contributed by atoms with Gasteiger partial charge in [0.2, 0.25) is 0 Å². The van der Waals surface area contributed by atoms with Crippen molar-refractivity contribution in [2.75, 3.05) is 6.54 Å². The Morgan fingerprint density at radius 1 is 1.21 bits per heavy atom. The van der Waals surface area contributed by atoms with E-state index in [1.165, 1.54) is 12.8 Å². The second-order valence-electron chi connectivity index (χ2n) is 2.95. The molecule has 0 bridgehead atoms. The number of hydrogen-bond donors (Lipinski definition) is 2. The van der Waals surface area contributed by atoms with Gasteiger partial charge in [0.15, 0.2) is 0 Å². The zero-order chi connectivity index (χ0) is 10.2. The van der Waals surface area contributed by atoms with Gasteiger partial charge in [0.25, 0.3) is 0 Å². The maximum atomic E-state index is 5.14. The van der Waals surface area contributed by atoms with Gasteiger partial charge in [-0.15, -0.1) is 0 Å². The summed E-state index contributed by atoms with van der Waals surface area (Å²) in [4.78, 5) is 0. The number of rotatable bonds is 2. The molecule has 0 aliphatic rings. The van der Waals surface area contributed by atoms with Crippen LogP contribution in [0.5, 0.6) is 0 Å². The van der Waals surface area contributed by atoms with Crippen LogP contribution in [0.4, 0.5) is 0 Å². The predicted octanol–water partition coefficient (Wildman–Crippen LogP) is 1.70. The highest BCUT2D eigenvalue weighted by Gasteiger charge is 1.90. The molecule has 0 amide bonds. The molecule has 0 saturated heterocycles. The number of nitrogens with zero attached hydrogens (tertiary/aromatic N) is 2. The number of nitrogens with one attached hydrogen (secondary N) is 1. The van der Waals surface area contributed by atoms with Gasteiger partial charge < -0.3 is 5.73 Å². The van der Waals surface area contributed by atoms with Crippen molar-refractivity contribution in [1.82, 2.24) is 15.4 Å². The van der Waals surface area contributed by atoms with E-state index in [0.29, 0.717) is 0 Å². The summed E-state index contributed by atoms with van der Waals surface area (Å²) in [6, 6.07) is 7.70. The Kier molecular flexibility index (Phi) is 4.64. The molecule has 2 aromatic rings. The fourth-order valence-electron chi connectivity index (χ4n) is 0.990. The summed E-state index contributed by atoms with van der Waals surface area (Å²) >= 11 is 0. The van der Waals surface area contributed by atoms with Gasteiger partial charge in [-0.05, 0) is 25.1 Å². The summed E-state index contributed by atoms with van der Waals surface area (Å²) in [6.07, 6.45) is 2.39. The summed E-state index contributed by atoms with van der Waals surface area (Å²) < 4.78 is 0. The Morgan fingerprint density at radius 2 is 1.79 bits per heavy atom. The number of H-pyrrole nitrogens is 1. The number of nitrogens with two attached hydrogens (primary N) is 1. The van der Waals surface area contributed by atoms with Crippen molar-refractivity contribution in [1.29, 1.82) is 0 Å². The number of benzene rings is 1. The number of hydrogen-bond acceptors (Lipinski definition) is 3. The molecule has 4 nitrogen and oxygen atoms in total. The minimum atomic E-state index is 0.844. The lowest BCUT2D eigenvalue weighted by Crippen LogP contribution is -1.95. The minimum Gasteiger partial charge on any atom is -0.330 e. The van der Waals surface area contributed by atoms with Gasteiger partial charge in [0.05, 0.1) is 0 Å². The van der Waals surface area contributed by atoms with Crippen LogP contribution >= 0.6 is 0 Å². The number of aromatic amines is 1. The average Bonchev–Trinajstić information content (AvgIpc) is 2.67. The Labute approximate surface area is 83.5 Å². The largest absolute Gasteiger partial charge is 0.330 e. The van der Waals surface area contributed by atoms with Gasteiger partial charge in [0, 0.05) is 0 Å². The van der Waals surface area contributed by atoms with Crippen LogP contribution in [0.2, 0.25) is 0 Å². The first kappa shape index (κ1) is 10.7. The van der Waals surface area contributed by atoms with E-state index in [-0.39, 0.29) is 0 Å². The van der Waals surface area contributed by atoms with Gasteiger partial charge in [0.1, 0.15) is 11.0 Å². The lowest BCUT2D eigenvalue weighted by atomic mass is 10.3. The molecule has 0 atom stereocenters. The number of para-hydroxylation sites is 2. The van der Waals surface area contributed by atoms with Crippen molar-refractivity contribution < 1.29 is 0 Å². The van der Waals surface area contributed by atoms with Crippen molar-refractivity contribution in [2.24, 2.45) is 5.73 Å². The molecule has 2 rings (SSSR count). The van der Waals surface area contributed by atoms with Crippen LogP contribution in [0.3, 0.4) is 0 Å². The van der Waals surface area contributed by atoms with E-state index in [0.717, 1.165) is 17.6 Å². The van der Waals surface area contributed by atoms with Crippen molar-refractivity contribution in [2.45, 2.75) is 19.8 Å². The summed E-state index contributed by atoms with van der Waals surface area (Å²) in [5.74, 6) is 0. The smallest absolute Gasteiger partial charge is 0.112 e. The molecule has 0 aliphatic heterocycles. The van der Waals surface area contributed by atoms with Crippen molar-refractivity contribution in [3.8, 4) is 0 Å². The van der Waals surface area contributed by atoms with Gasteiger partial charge in [-0.25, -0.2) is 0 Å². The predicted molar refractivity (Wildman–Crippen MR) is 57.9 cm³/mol. The fourth-order valence-corrected chi connectivity index (χ4v) is 0.990. The first-order valence-corrected chi connectivity index (χ1v) is 4.84. The van der Waals surface area contributed by atoms with Crippen molar-refractivity contribution in [3.63, 3.8) is 0 Å². The van der Waals surface area contributed by atoms with E-state index in [9.17, 15) is 0 Å². The highest BCUT2D eigenvalue weighted by molar-refractivity contribution is 5.72. The molecule has 0 aliphatic carbocycles. The molecular formula is C10H16N4. The second kappa shape index (κ2) is 6.10. The molecule has 0 saturated carbocycles. The minimum absolute atomic E-state index is 0.844. The monoisotopic (exact) mass is 192 g/mol. The van der Waals surface area contributed by atoms with Gasteiger partial charge in [-0.2, -0.15) is 15.4 Å². The molecule has 0 unspecified atom stereocenters. The Morgan fingerprint density at radius 3 is 2.14 bits per heavy atom. The summed E-state index contributed by atoms with van der Waals surface area (Å²) in [7, 11) is 0. The van der Waals surface area contributed by atoms with Crippen LogP contribution in [0.25, 0.3) is 11.0 Å². The zero-order valence-electron chi connectivity index (χ0n) is 8.40. The van der Waals surface area contributed by atoms with E-state index >= 15 is 0 Å². The first-order chi connectivity index (χ1) is 6.88. The summed E-state index contributed by atoms with van der Waals surface area (Å²) in [5, 5.41) is 10.3. The maximum Gasteiger partial charge on any atom is 0.112 e. The summed E-state index contributed by atoms with van der Waals surface area (Å²) in [6.45, 7) is 2.98. The summed E-state index contributed by atoms with van der Waals surface area (Å²) in [5.41, 5.74) is 6.97. The third-order valence-electron chi connectivity index (χ3n) is 1.78. The number of aromatic nitrogens is 3. The number of unbranched alkanes of at least 4 members (excludes halogenated alkanes) is 1. The van der Waals surface area contributed by atoms with E-state index in [1.54, 1.807) is 0 Å². The normalized spacial score (nSPS) is 9.57. The standard InChI is InChI=1S/C6H5N3.C4H11N/c1-2-4-6-5(3-1)7-9-8-6;1-2-3-4-5/h1-4H,(H,7,8,9);2-5H2,1H3. The van der Waals surface area contributed by atoms with E-state index in [1.807, 2.05) is 24.3 Å². The maximum absolute atomic E-state index is 5.14. The quantitative estimate of drug-likeness (QED) is 0.761. The third-order valence-corrected chi connectivity index (χ3v) is 1.78. The highest BCUT2D eigenvalue weighted by atomic mass is 15.3. The Balaban J connectivity index is 0.000000171. The van der Waals surface area contributed by atoms with Gasteiger partial charge in [-0.1, -0.05) is 25.5 Å². The molecule has 14 heavy (non-hydrogen) atoms. The van der Waals surface area contributed by atoms with Crippen LogP contribution < -0.4 is 5.73 Å².